The molecule has 7 heteroatoms. The minimum Gasteiger partial charge on any atom is -0.398 e. The highest BCUT2D eigenvalue weighted by Crippen LogP contribution is 2.33. The molecule has 18 heavy (non-hydrogen) atoms. The maximum Gasteiger partial charge on any atom is 0.245 e. The fourth-order valence-corrected chi connectivity index (χ4v) is 3.62. The fourth-order valence-electron chi connectivity index (χ4n) is 1.82. The van der Waals surface area contributed by atoms with E-state index in [9.17, 15) is 12.8 Å². The second-order valence-electron chi connectivity index (χ2n) is 4.25. The zero-order valence-electron chi connectivity index (χ0n) is 9.71. The van der Waals surface area contributed by atoms with E-state index < -0.39 is 15.8 Å². The molecule has 1 fully saturated rings. The van der Waals surface area contributed by atoms with E-state index in [4.69, 9.17) is 10.8 Å². The first-order valence-corrected chi connectivity index (χ1v) is 7.08. The summed E-state index contributed by atoms with van der Waals surface area (Å²) in [5.41, 5.74) is 5.61. The number of nitrogens with two attached hydrogens (primary N) is 1. The maximum atomic E-state index is 13.2. The summed E-state index contributed by atoms with van der Waals surface area (Å²) in [6.07, 6.45) is 1.52. The molecule has 5 nitrogen and oxygen atoms in total. The van der Waals surface area contributed by atoms with Crippen LogP contribution < -0.4 is 5.73 Å². The molecule has 1 aliphatic carbocycles. The smallest absolute Gasteiger partial charge is 0.245 e. The van der Waals surface area contributed by atoms with Gasteiger partial charge in [-0.25, -0.2) is 12.8 Å². The summed E-state index contributed by atoms with van der Waals surface area (Å²) in [6, 6.07) is 3.15. The first-order valence-electron chi connectivity index (χ1n) is 5.64. The van der Waals surface area contributed by atoms with E-state index in [2.05, 4.69) is 0 Å². The van der Waals surface area contributed by atoms with Gasteiger partial charge in [-0.3, -0.25) is 0 Å². The van der Waals surface area contributed by atoms with Crippen LogP contribution in [0.15, 0.2) is 23.1 Å². The molecule has 3 N–H and O–H groups in total. The Morgan fingerprint density at radius 3 is 2.67 bits per heavy atom. The van der Waals surface area contributed by atoms with Crippen molar-refractivity contribution < 1.29 is 17.9 Å². The van der Waals surface area contributed by atoms with Gasteiger partial charge in [-0.05, 0) is 31.0 Å². The van der Waals surface area contributed by atoms with Crippen LogP contribution in [0, 0.1) is 5.82 Å². The second kappa shape index (κ2) is 4.83. The van der Waals surface area contributed by atoms with Crippen LogP contribution in [0.3, 0.4) is 0 Å². The lowest BCUT2D eigenvalue weighted by Gasteiger charge is -2.21. The quantitative estimate of drug-likeness (QED) is 0.768. The van der Waals surface area contributed by atoms with Gasteiger partial charge in [0.1, 0.15) is 10.7 Å². The van der Waals surface area contributed by atoms with Crippen molar-refractivity contribution in [2.24, 2.45) is 0 Å². The van der Waals surface area contributed by atoms with E-state index in [1.165, 1.54) is 10.4 Å². The van der Waals surface area contributed by atoms with Crippen molar-refractivity contribution in [2.45, 2.75) is 23.8 Å². The summed E-state index contributed by atoms with van der Waals surface area (Å²) < 4.78 is 39.0. The minimum atomic E-state index is -3.84. The highest BCUT2D eigenvalue weighted by Gasteiger charge is 2.38. The molecule has 1 aliphatic rings. The van der Waals surface area contributed by atoms with Gasteiger partial charge >= 0.3 is 0 Å². The monoisotopic (exact) mass is 274 g/mol. The number of anilines is 1. The summed E-state index contributed by atoms with van der Waals surface area (Å²) in [6.45, 7) is -0.270. The van der Waals surface area contributed by atoms with Crippen molar-refractivity contribution in [3.63, 3.8) is 0 Å². The van der Waals surface area contributed by atoms with Crippen LogP contribution in [0.25, 0.3) is 0 Å². The van der Waals surface area contributed by atoms with Crippen molar-refractivity contribution >= 4 is 15.7 Å². The van der Waals surface area contributed by atoms with Crippen LogP contribution in [0.1, 0.15) is 12.8 Å². The van der Waals surface area contributed by atoms with Crippen molar-refractivity contribution in [3.8, 4) is 0 Å². The number of hydrogen-bond donors (Lipinski definition) is 2. The van der Waals surface area contributed by atoms with Crippen LogP contribution >= 0.6 is 0 Å². The van der Waals surface area contributed by atoms with E-state index in [-0.39, 0.29) is 29.8 Å². The SMILES string of the molecule is Nc1ccc(F)cc1S(=O)(=O)N(CCO)C1CC1. The van der Waals surface area contributed by atoms with Gasteiger partial charge in [0.2, 0.25) is 10.0 Å². The number of aliphatic hydroxyl groups is 1. The lowest BCUT2D eigenvalue weighted by molar-refractivity contribution is 0.250. The molecule has 0 unspecified atom stereocenters. The van der Waals surface area contributed by atoms with Crippen LogP contribution in [0.5, 0.6) is 0 Å². The van der Waals surface area contributed by atoms with E-state index in [1.807, 2.05) is 0 Å². The Morgan fingerprint density at radius 1 is 1.44 bits per heavy atom. The summed E-state index contributed by atoms with van der Waals surface area (Å²) in [5, 5.41) is 8.94. The summed E-state index contributed by atoms with van der Waals surface area (Å²) in [5.74, 6) is -0.650. The van der Waals surface area contributed by atoms with Gasteiger partial charge in [0.25, 0.3) is 0 Å². The molecule has 2 rings (SSSR count). The van der Waals surface area contributed by atoms with Gasteiger partial charge in [0, 0.05) is 12.6 Å². The maximum absolute atomic E-state index is 13.2. The minimum absolute atomic E-state index is 0.00293. The zero-order chi connectivity index (χ0) is 13.3. The van der Waals surface area contributed by atoms with Crippen LogP contribution in [0.4, 0.5) is 10.1 Å². The lowest BCUT2D eigenvalue weighted by Crippen LogP contribution is -2.35. The number of rotatable bonds is 5. The Kier molecular flexibility index (Phi) is 3.56. The Balaban J connectivity index is 2.42. The molecule has 1 aromatic carbocycles. The molecule has 0 saturated heterocycles. The first-order chi connectivity index (χ1) is 8.46. The second-order valence-corrected chi connectivity index (χ2v) is 6.11. The molecule has 0 spiro atoms. The van der Waals surface area contributed by atoms with E-state index in [0.29, 0.717) is 0 Å². The number of nitrogens with zero attached hydrogens (tertiary/aromatic N) is 1. The zero-order valence-corrected chi connectivity index (χ0v) is 10.5. The number of nitrogen functional groups attached to an aromatic ring is 1. The number of hydrogen-bond acceptors (Lipinski definition) is 4. The molecule has 1 saturated carbocycles. The standard InChI is InChI=1S/C11H15FN2O3S/c12-8-1-4-10(13)11(7-8)18(16,17)14(5-6-15)9-2-3-9/h1,4,7,9,15H,2-3,5-6,13H2. The van der Waals surface area contributed by atoms with Gasteiger partial charge in [-0.2, -0.15) is 4.31 Å². The van der Waals surface area contributed by atoms with E-state index in [0.717, 1.165) is 25.0 Å². The van der Waals surface area contributed by atoms with Gasteiger partial charge in [0.05, 0.1) is 12.3 Å². The molecule has 1 aromatic rings. The molecule has 0 aliphatic heterocycles. The highest BCUT2D eigenvalue weighted by atomic mass is 32.2. The van der Waals surface area contributed by atoms with Crippen molar-refractivity contribution in [1.82, 2.24) is 4.31 Å². The Hall–Kier alpha value is -1.18. The number of sulfonamides is 1. The van der Waals surface area contributed by atoms with Crippen LogP contribution in [-0.2, 0) is 10.0 Å². The molecular formula is C11H15FN2O3S. The molecular weight excluding hydrogens is 259 g/mol. The Labute approximate surface area is 105 Å². The predicted molar refractivity (Wildman–Crippen MR) is 64.8 cm³/mol. The van der Waals surface area contributed by atoms with Crippen molar-refractivity contribution in [3.05, 3.63) is 24.0 Å². The lowest BCUT2D eigenvalue weighted by atomic mass is 10.3. The molecule has 0 heterocycles. The normalized spacial score (nSPS) is 16.2. The van der Waals surface area contributed by atoms with Gasteiger partial charge in [-0.1, -0.05) is 0 Å². The molecule has 0 atom stereocenters. The van der Waals surface area contributed by atoms with Gasteiger partial charge < -0.3 is 10.8 Å². The third kappa shape index (κ3) is 2.47. The van der Waals surface area contributed by atoms with Gasteiger partial charge in [-0.15, -0.1) is 0 Å². The van der Waals surface area contributed by atoms with Gasteiger partial charge in [0.15, 0.2) is 0 Å². The largest absolute Gasteiger partial charge is 0.398 e. The molecule has 0 amide bonds. The average Bonchev–Trinajstić information content (AvgIpc) is 3.13. The molecule has 0 aromatic heterocycles. The first kappa shape index (κ1) is 13.3. The summed E-state index contributed by atoms with van der Waals surface area (Å²) >= 11 is 0. The summed E-state index contributed by atoms with van der Waals surface area (Å²) in [7, 11) is -3.84. The van der Waals surface area contributed by atoms with Crippen LogP contribution in [-0.4, -0.2) is 37.0 Å². The number of benzene rings is 1. The third-order valence-electron chi connectivity index (χ3n) is 2.84. The number of halogens is 1. The van der Waals surface area contributed by atoms with Crippen LogP contribution in [0.2, 0.25) is 0 Å². The summed E-state index contributed by atoms with van der Waals surface area (Å²) in [4.78, 5) is -0.233. The average molecular weight is 274 g/mol. The Bertz CT molecular complexity index is 543. The predicted octanol–water partition coefficient (Wildman–Crippen LogP) is 0.553. The molecule has 0 radical (unpaired) electrons. The molecule has 0 bridgehead atoms. The van der Waals surface area contributed by atoms with Crippen molar-refractivity contribution in [1.29, 1.82) is 0 Å². The number of aliphatic hydroxyl groups excluding tert-OH is 1. The third-order valence-corrected chi connectivity index (χ3v) is 4.84. The van der Waals surface area contributed by atoms with Crippen molar-refractivity contribution in [2.75, 3.05) is 18.9 Å². The van der Waals surface area contributed by atoms with E-state index >= 15 is 0 Å². The van der Waals surface area contributed by atoms with E-state index in [1.54, 1.807) is 0 Å². The fraction of sp³-hybridized carbons (Fsp3) is 0.455. The molecule has 100 valence electrons. The topological polar surface area (TPSA) is 83.6 Å². The Morgan fingerprint density at radius 2 is 2.11 bits per heavy atom. The highest BCUT2D eigenvalue weighted by molar-refractivity contribution is 7.89.